The van der Waals surface area contributed by atoms with Crippen molar-refractivity contribution in [3.8, 4) is 0 Å². The lowest BCUT2D eigenvalue weighted by atomic mass is 10.0. The largest absolute Gasteiger partial charge is 0.355 e. The third-order valence-corrected chi connectivity index (χ3v) is 9.72. The van der Waals surface area contributed by atoms with Crippen LogP contribution in [0.3, 0.4) is 0 Å². The molecule has 1 atom stereocenters. The van der Waals surface area contributed by atoms with Gasteiger partial charge in [0.1, 0.15) is 12.6 Å². The van der Waals surface area contributed by atoms with Gasteiger partial charge in [0.05, 0.1) is 10.6 Å². The van der Waals surface area contributed by atoms with Crippen LogP contribution in [0, 0.1) is 13.8 Å². The molecule has 1 unspecified atom stereocenters. The number of carbonyl (C=O) groups excluding carboxylic acids is 2. The second-order valence-electron chi connectivity index (χ2n) is 10.5. The number of hydrogen-bond acceptors (Lipinski definition) is 4. The molecule has 2 amide bonds. The zero-order valence-electron chi connectivity index (χ0n) is 24.8. The van der Waals surface area contributed by atoms with Gasteiger partial charge in [-0.05, 0) is 62.7 Å². The summed E-state index contributed by atoms with van der Waals surface area (Å²) in [7, 11) is -4.18. The van der Waals surface area contributed by atoms with Crippen molar-refractivity contribution in [2.75, 3.05) is 17.4 Å². The average Bonchev–Trinajstić information content (AvgIpc) is 3.00. The summed E-state index contributed by atoms with van der Waals surface area (Å²) in [4.78, 5) is 29.5. The first-order valence-corrected chi connectivity index (χ1v) is 16.4. The second kappa shape index (κ2) is 14.8. The van der Waals surface area contributed by atoms with Gasteiger partial charge in [0.25, 0.3) is 10.0 Å². The van der Waals surface area contributed by atoms with E-state index in [1.165, 1.54) is 17.0 Å². The standard InChI is InChI=1S/C34H35Cl2N3O4S/c1-4-37-34(41)32(21-26-9-6-5-7-10-26)38(22-29-30(35)11-8-12-31(29)36)33(40)23-39(27-17-13-24(2)14-18-27)44(42,43)28-19-15-25(3)16-20-28/h5-20,32H,4,21-23H2,1-3H3,(H,37,41). The van der Waals surface area contributed by atoms with Gasteiger partial charge >= 0.3 is 0 Å². The number of hydrogen-bond donors (Lipinski definition) is 1. The van der Waals surface area contributed by atoms with E-state index in [0.29, 0.717) is 27.8 Å². The first kappa shape index (κ1) is 33.1. The number of benzene rings is 4. The van der Waals surface area contributed by atoms with Crippen LogP contribution in [-0.4, -0.2) is 44.3 Å². The van der Waals surface area contributed by atoms with Gasteiger partial charge in [0.15, 0.2) is 0 Å². The predicted octanol–water partition coefficient (Wildman–Crippen LogP) is 6.58. The molecule has 0 aliphatic heterocycles. The fraction of sp³-hybridized carbons (Fsp3) is 0.235. The molecule has 44 heavy (non-hydrogen) atoms. The van der Waals surface area contributed by atoms with Crippen molar-refractivity contribution in [1.82, 2.24) is 10.2 Å². The molecule has 7 nitrogen and oxygen atoms in total. The zero-order valence-corrected chi connectivity index (χ0v) is 27.2. The highest BCUT2D eigenvalue weighted by Crippen LogP contribution is 2.29. The first-order valence-electron chi connectivity index (χ1n) is 14.2. The highest BCUT2D eigenvalue weighted by Gasteiger charge is 2.35. The number of aryl methyl sites for hydroxylation is 2. The van der Waals surface area contributed by atoms with E-state index in [9.17, 15) is 18.0 Å². The Hall–Kier alpha value is -3.85. The molecule has 0 saturated heterocycles. The number of nitrogens with one attached hydrogen (secondary N) is 1. The van der Waals surface area contributed by atoms with E-state index in [1.54, 1.807) is 61.5 Å². The van der Waals surface area contributed by atoms with Gasteiger partial charge in [-0.15, -0.1) is 0 Å². The summed E-state index contributed by atoms with van der Waals surface area (Å²) in [6.07, 6.45) is 0.190. The Morgan fingerprint density at radius 2 is 1.36 bits per heavy atom. The molecule has 230 valence electrons. The van der Waals surface area contributed by atoms with Gasteiger partial charge in [0.2, 0.25) is 11.8 Å². The van der Waals surface area contributed by atoms with Crippen LogP contribution in [-0.2, 0) is 32.6 Å². The van der Waals surface area contributed by atoms with Crippen molar-refractivity contribution in [1.29, 1.82) is 0 Å². The normalized spacial score (nSPS) is 11.9. The highest BCUT2D eigenvalue weighted by molar-refractivity contribution is 7.92. The summed E-state index contributed by atoms with van der Waals surface area (Å²) < 4.78 is 29.3. The van der Waals surface area contributed by atoms with Crippen molar-refractivity contribution in [2.24, 2.45) is 0 Å². The van der Waals surface area contributed by atoms with Crippen LogP contribution >= 0.6 is 23.2 Å². The van der Waals surface area contributed by atoms with E-state index in [2.05, 4.69) is 5.32 Å². The molecule has 10 heteroatoms. The number of carbonyl (C=O) groups is 2. The Kier molecular flexibility index (Phi) is 11.1. The number of halogens is 2. The predicted molar refractivity (Wildman–Crippen MR) is 177 cm³/mol. The van der Waals surface area contributed by atoms with Crippen molar-refractivity contribution in [3.63, 3.8) is 0 Å². The SMILES string of the molecule is CCNC(=O)C(Cc1ccccc1)N(Cc1c(Cl)cccc1Cl)C(=O)CN(c1ccc(C)cc1)S(=O)(=O)c1ccc(C)cc1. The Morgan fingerprint density at radius 1 is 0.795 bits per heavy atom. The molecule has 1 N–H and O–H groups in total. The monoisotopic (exact) mass is 651 g/mol. The molecule has 4 aromatic carbocycles. The minimum Gasteiger partial charge on any atom is -0.355 e. The third kappa shape index (κ3) is 8.00. The molecule has 0 aliphatic rings. The minimum atomic E-state index is -4.18. The maximum atomic E-state index is 14.4. The fourth-order valence-corrected chi connectivity index (χ4v) is 6.71. The molecule has 0 spiro atoms. The van der Waals surface area contributed by atoms with E-state index in [1.807, 2.05) is 44.2 Å². The number of likely N-dealkylation sites (N-methyl/N-ethyl adjacent to an activating group) is 1. The van der Waals surface area contributed by atoms with E-state index >= 15 is 0 Å². The topological polar surface area (TPSA) is 86.8 Å². The first-order chi connectivity index (χ1) is 21.0. The molecule has 4 rings (SSSR count). The maximum absolute atomic E-state index is 14.4. The molecule has 0 fully saturated rings. The quantitative estimate of drug-likeness (QED) is 0.187. The molecule has 0 aliphatic carbocycles. The van der Waals surface area contributed by atoms with Crippen molar-refractivity contribution < 1.29 is 18.0 Å². The van der Waals surface area contributed by atoms with E-state index < -0.39 is 28.5 Å². The molecular formula is C34H35Cl2N3O4S. The Morgan fingerprint density at radius 3 is 1.93 bits per heavy atom. The molecule has 0 radical (unpaired) electrons. The summed E-state index contributed by atoms with van der Waals surface area (Å²) in [5.41, 5.74) is 3.43. The van der Waals surface area contributed by atoms with Crippen molar-refractivity contribution in [3.05, 3.63) is 129 Å². The van der Waals surface area contributed by atoms with Crippen LogP contribution in [0.5, 0.6) is 0 Å². The van der Waals surface area contributed by atoms with Gasteiger partial charge in [-0.1, -0.05) is 95.0 Å². The number of rotatable bonds is 12. The maximum Gasteiger partial charge on any atom is 0.264 e. The lowest BCUT2D eigenvalue weighted by Crippen LogP contribution is -2.53. The van der Waals surface area contributed by atoms with Crippen LogP contribution in [0.15, 0.2) is 102 Å². The van der Waals surface area contributed by atoms with Gasteiger partial charge in [0, 0.05) is 35.1 Å². The molecular weight excluding hydrogens is 617 g/mol. The van der Waals surface area contributed by atoms with E-state index in [-0.39, 0.29) is 23.8 Å². The third-order valence-electron chi connectivity index (χ3n) is 7.22. The van der Waals surface area contributed by atoms with Crippen LogP contribution in [0.2, 0.25) is 10.0 Å². The number of nitrogens with zero attached hydrogens (tertiary/aromatic N) is 2. The fourth-order valence-electron chi connectivity index (χ4n) is 4.78. The molecule has 0 bridgehead atoms. The van der Waals surface area contributed by atoms with Crippen molar-refractivity contribution >= 4 is 50.7 Å². The summed E-state index contributed by atoms with van der Waals surface area (Å²) >= 11 is 13.1. The van der Waals surface area contributed by atoms with Gasteiger partial charge < -0.3 is 10.2 Å². The summed E-state index contributed by atoms with van der Waals surface area (Å²) in [5, 5.41) is 3.49. The van der Waals surface area contributed by atoms with E-state index in [0.717, 1.165) is 21.0 Å². The molecule has 0 saturated carbocycles. The number of amides is 2. The molecule has 0 aromatic heterocycles. The second-order valence-corrected chi connectivity index (χ2v) is 13.2. The smallest absolute Gasteiger partial charge is 0.264 e. The Labute approximate surface area is 269 Å². The van der Waals surface area contributed by atoms with Gasteiger partial charge in [-0.3, -0.25) is 13.9 Å². The average molecular weight is 653 g/mol. The van der Waals surface area contributed by atoms with Crippen LogP contribution in [0.1, 0.15) is 29.2 Å². The highest BCUT2D eigenvalue weighted by atomic mass is 35.5. The van der Waals surface area contributed by atoms with Crippen LogP contribution in [0.4, 0.5) is 5.69 Å². The van der Waals surface area contributed by atoms with E-state index in [4.69, 9.17) is 23.2 Å². The number of anilines is 1. The summed E-state index contributed by atoms with van der Waals surface area (Å²) in [6, 6.07) is 26.7. The minimum absolute atomic E-state index is 0.0433. The Balaban J connectivity index is 1.82. The zero-order chi connectivity index (χ0) is 31.9. The molecule has 4 aromatic rings. The van der Waals surface area contributed by atoms with Gasteiger partial charge in [-0.25, -0.2) is 8.42 Å². The lowest BCUT2D eigenvalue weighted by Gasteiger charge is -2.34. The Bertz CT molecular complexity index is 1680. The van der Waals surface area contributed by atoms with Crippen LogP contribution < -0.4 is 9.62 Å². The summed E-state index contributed by atoms with van der Waals surface area (Å²) in [5.74, 6) is -0.972. The van der Waals surface area contributed by atoms with Crippen molar-refractivity contribution in [2.45, 2.75) is 44.7 Å². The summed E-state index contributed by atoms with van der Waals surface area (Å²) in [6.45, 7) is 5.22. The number of sulfonamides is 1. The van der Waals surface area contributed by atoms with Gasteiger partial charge in [-0.2, -0.15) is 0 Å². The molecule has 0 heterocycles. The lowest BCUT2D eigenvalue weighted by molar-refractivity contribution is -0.140. The van der Waals surface area contributed by atoms with Crippen LogP contribution in [0.25, 0.3) is 0 Å².